The van der Waals surface area contributed by atoms with Crippen molar-refractivity contribution < 1.29 is 9.90 Å². The van der Waals surface area contributed by atoms with Gasteiger partial charge < -0.3 is 10.0 Å². The van der Waals surface area contributed by atoms with E-state index in [4.69, 9.17) is 11.6 Å². The van der Waals surface area contributed by atoms with Crippen LogP contribution >= 0.6 is 35.1 Å². The molecule has 0 unspecified atom stereocenters. The monoisotopic (exact) mass is 507 g/mol. The summed E-state index contributed by atoms with van der Waals surface area (Å²) in [6.07, 6.45) is 0.704. The van der Waals surface area contributed by atoms with Gasteiger partial charge in [-0.05, 0) is 61.0 Å². The Hall–Kier alpha value is -2.87. The molecule has 0 saturated carbocycles. The van der Waals surface area contributed by atoms with Crippen molar-refractivity contribution in [2.75, 3.05) is 18.0 Å². The molecule has 0 aliphatic carbocycles. The second-order valence-electron chi connectivity index (χ2n) is 7.77. The van der Waals surface area contributed by atoms with Crippen LogP contribution in [-0.2, 0) is 11.2 Å². The van der Waals surface area contributed by atoms with E-state index in [0.717, 1.165) is 21.2 Å². The van der Waals surface area contributed by atoms with Crippen molar-refractivity contribution in [1.82, 2.24) is 4.90 Å². The Morgan fingerprint density at radius 2 is 1.74 bits per heavy atom. The lowest BCUT2D eigenvalue weighted by atomic mass is 10.1. The fourth-order valence-corrected chi connectivity index (χ4v) is 6.46. The van der Waals surface area contributed by atoms with Crippen LogP contribution < -0.4 is 4.90 Å². The number of carbonyl (C=O) groups is 1. The van der Waals surface area contributed by atoms with E-state index in [9.17, 15) is 9.90 Å². The molecule has 0 bridgehead atoms. The van der Waals surface area contributed by atoms with Gasteiger partial charge in [0, 0.05) is 23.0 Å². The number of benzene rings is 3. The number of phenolic OH excluding ortho intramolecular Hbond substituents is 1. The minimum atomic E-state index is -0.0741. The predicted octanol–water partition coefficient (Wildman–Crippen LogP) is 6.65. The summed E-state index contributed by atoms with van der Waals surface area (Å²) in [7, 11) is 0. The van der Waals surface area contributed by atoms with Gasteiger partial charge in [-0.2, -0.15) is 0 Å². The molecule has 5 rings (SSSR count). The highest BCUT2D eigenvalue weighted by Gasteiger charge is 2.39. The highest BCUT2D eigenvalue weighted by molar-refractivity contribution is 8.19. The van der Waals surface area contributed by atoms with Gasteiger partial charge in [0.1, 0.15) is 21.4 Å². The number of aromatic hydroxyl groups is 1. The number of thioether (sulfide) groups is 2. The molecular weight excluding hydrogens is 486 g/mol. The summed E-state index contributed by atoms with van der Waals surface area (Å²) in [5.41, 5.74) is 2.60. The number of amides is 1. The minimum absolute atomic E-state index is 0.0741. The molecule has 0 aromatic heterocycles. The summed E-state index contributed by atoms with van der Waals surface area (Å²) in [6.45, 7) is 3.27. The Bertz CT molecular complexity index is 1310. The van der Waals surface area contributed by atoms with Crippen LogP contribution in [0.15, 0.2) is 92.6 Å². The van der Waals surface area contributed by atoms with Crippen LogP contribution in [0.25, 0.3) is 0 Å². The van der Waals surface area contributed by atoms with Gasteiger partial charge >= 0.3 is 0 Å². The van der Waals surface area contributed by atoms with Crippen LogP contribution in [0.5, 0.6) is 5.75 Å². The molecule has 2 aliphatic rings. The topological polar surface area (TPSA) is 56.1 Å². The number of fused-ring (bicyclic) bond motifs is 1. The van der Waals surface area contributed by atoms with Gasteiger partial charge in [0.25, 0.3) is 5.91 Å². The van der Waals surface area contributed by atoms with Crippen molar-refractivity contribution in [3.05, 3.63) is 93.3 Å². The Balaban J connectivity index is 1.53. The molecule has 3 aromatic carbocycles. The quantitative estimate of drug-likeness (QED) is 0.392. The number of hydrogen-bond donors (Lipinski definition) is 1. The molecule has 34 heavy (non-hydrogen) atoms. The van der Waals surface area contributed by atoms with E-state index < -0.39 is 0 Å². The largest absolute Gasteiger partial charge is 0.506 e. The van der Waals surface area contributed by atoms with Gasteiger partial charge in [-0.15, -0.1) is 0 Å². The highest BCUT2D eigenvalue weighted by Crippen LogP contribution is 2.51. The zero-order chi connectivity index (χ0) is 23.7. The van der Waals surface area contributed by atoms with Gasteiger partial charge in [0.05, 0.1) is 5.69 Å². The van der Waals surface area contributed by atoms with E-state index in [2.05, 4.69) is 28.9 Å². The predicted molar refractivity (Wildman–Crippen MR) is 142 cm³/mol. The highest BCUT2D eigenvalue weighted by atomic mass is 35.5. The van der Waals surface area contributed by atoms with Crippen LogP contribution in [0.1, 0.15) is 12.5 Å². The first-order valence-electron chi connectivity index (χ1n) is 10.9. The zero-order valence-corrected chi connectivity index (χ0v) is 20.8. The van der Waals surface area contributed by atoms with E-state index >= 15 is 0 Å². The molecule has 5 nitrogen and oxygen atoms in total. The van der Waals surface area contributed by atoms with Crippen LogP contribution in [-0.4, -0.2) is 34.2 Å². The number of phenols is 1. The number of para-hydroxylation sites is 2. The first-order chi connectivity index (χ1) is 16.5. The third kappa shape index (κ3) is 4.43. The summed E-state index contributed by atoms with van der Waals surface area (Å²) in [5.74, 6) is 0.00888. The van der Waals surface area contributed by atoms with Crippen molar-refractivity contribution in [3.8, 4) is 5.75 Å². The second-order valence-corrected chi connectivity index (χ2v) is 10.2. The summed E-state index contributed by atoms with van der Waals surface area (Å²) in [4.78, 5) is 24.0. The molecule has 0 radical (unpaired) electrons. The first-order valence-corrected chi connectivity index (χ1v) is 13.0. The number of amidine groups is 1. The number of anilines is 1. The number of hydrogen-bond acceptors (Lipinski definition) is 6. The first kappa shape index (κ1) is 22.9. The fraction of sp³-hybridized carbons (Fsp3) is 0.154. The third-order valence-electron chi connectivity index (χ3n) is 5.60. The smallest absolute Gasteiger partial charge is 0.269 e. The van der Waals surface area contributed by atoms with Crippen LogP contribution in [0.2, 0.25) is 5.02 Å². The van der Waals surface area contributed by atoms with E-state index in [1.807, 2.05) is 42.5 Å². The Kier molecular flexibility index (Phi) is 6.59. The summed E-state index contributed by atoms with van der Waals surface area (Å²) >= 11 is 9.19. The number of rotatable bonds is 5. The minimum Gasteiger partial charge on any atom is -0.506 e. The molecular formula is C26H22ClN3O2S2. The van der Waals surface area contributed by atoms with Gasteiger partial charge in [-0.1, -0.05) is 65.8 Å². The average molecular weight is 508 g/mol. The van der Waals surface area contributed by atoms with Crippen molar-refractivity contribution in [1.29, 1.82) is 0 Å². The van der Waals surface area contributed by atoms with E-state index in [0.29, 0.717) is 40.3 Å². The molecule has 1 saturated heterocycles. The van der Waals surface area contributed by atoms with Crippen molar-refractivity contribution in [3.63, 3.8) is 0 Å². The Morgan fingerprint density at radius 1 is 0.971 bits per heavy atom. The fourth-order valence-electron chi connectivity index (χ4n) is 3.90. The van der Waals surface area contributed by atoms with E-state index in [1.54, 1.807) is 34.9 Å². The molecule has 1 amide bonds. The zero-order valence-electron chi connectivity index (χ0n) is 18.4. The number of carbonyl (C=O) groups excluding carboxylic acids is 1. The maximum absolute atomic E-state index is 13.7. The van der Waals surface area contributed by atoms with Crippen molar-refractivity contribution >= 4 is 57.6 Å². The van der Waals surface area contributed by atoms with Gasteiger partial charge in [-0.25, -0.2) is 4.99 Å². The molecule has 0 atom stereocenters. The van der Waals surface area contributed by atoms with Crippen molar-refractivity contribution in [2.24, 2.45) is 4.99 Å². The summed E-state index contributed by atoms with van der Waals surface area (Å²) < 4.78 is 0. The lowest BCUT2D eigenvalue weighted by Gasteiger charge is -2.19. The van der Waals surface area contributed by atoms with Crippen LogP contribution in [0.4, 0.5) is 11.4 Å². The van der Waals surface area contributed by atoms with Crippen LogP contribution in [0.3, 0.4) is 0 Å². The number of halogens is 1. The summed E-state index contributed by atoms with van der Waals surface area (Å²) in [5, 5.41) is 12.4. The lowest BCUT2D eigenvalue weighted by molar-refractivity contribution is -0.122. The molecule has 1 N–H and O–H groups in total. The van der Waals surface area contributed by atoms with Crippen LogP contribution in [0, 0.1) is 0 Å². The molecule has 172 valence electrons. The molecule has 1 fully saturated rings. The molecule has 2 aliphatic heterocycles. The number of nitrogens with zero attached hydrogens (tertiary/aromatic N) is 3. The molecule has 2 heterocycles. The molecule has 0 spiro atoms. The Labute approximate surface area is 212 Å². The standard InChI is InChI=1S/C26H22ClN3O2S2/c1-2-29-20-16-18(27)12-13-22(20)33-25(29)23-24(32)30(15-14-17-8-4-3-5-9-17)26(34-23)28-19-10-6-7-11-21(19)31/h3-13,16,31H,2,14-15H2,1H3/b25-23-,28-26?. The van der Waals surface area contributed by atoms with Gasteiger partial charge in [0.2, 0.25) is 0 Å². The third-order valence-corrected chi connectivity index (χ3v) is 8.22. The SMILES string of the molecule is CCN1/C(=C2/SC(=Nc3ccccc3O)N(CCc3ccccc3)C2=O)Sc2ccc(Cl)cc21. The Morgan fingerprint density at radius 3 is 2.50 bits per heavy atom. The van der Waals surface area contributed by atoms with E-state index in [1.165, 1.54) is 11.8 Å². The summed E-state index contributed by atoms with van der Waals surface area (Å²) in [6, 6.07) is 22.8. The maximum atomic E-state index is 13.7. The normalized spacial score (nSPS) is 18.8. The number of aliphatic imine (C=N–C) groups is 1. The second kappa shape index (κ2) is 9.78. The maximum Gasteiger partial charge on any atom is 0.269 e. The van der Waals surface area contributed by atoms with E-state index in [-0.39, 0.29) is 11.7 Å². The molecule has 8 heteroatoms. The van der Waals surface area contributed by atoms with Crippen molar-refractivity contribution in [2.45, 2.75) is 18.2 Å². The van der Waals surface area contributed by atoms with Gasteiger partial charge in [0.15, 0.2) is 5.17 Å². The molecule has 3 aromatic rings. The lowest BCUT2D eigenvalue weighted by Crippen LogP contribution is -2.32. The average Bonchev–Trinajstić information content (AvgIpc) is 3.36. The van der Waals surface area contributed by atoms with Gasteiger partial charge in [-0.3, -0.25) is 9.69 Å².